The number of furan rings is 1. The summed E-state index contributed by atoms with van der Waals surface area (Å²) in [6.45, 7) is -0.457. The van der Waals surface area contributed by atoms with Crippen LogP contribution in [0.3, 0.4) is 0 Å². The molecule has 0 fully saturated rings. The number of H-pyrrole nitrogens is 2. The van der Waals surface area contributed by atoms with Crippen LogP contribution in [0.2, 0.25) is 0 Å². The van der Waals surface area contributed by atoms with E-state index in [4.69, 9.17) is 14.1 Å². The number of benzene rings is 2. The molecule has 3 aromatic heterocycles. The third-order valence-electron chi connectivity index (χ3n) is 6.37. The first-order chi connectivity index (χ1) is 18.0. The number of hydrogen-bond donors (Lipinski definition) is 3. The van der Waals surface area contributed by atoms with E-state index >= 15 is 0 Å². The number of amides is 1. The van der Waals surface area contributed by atoms with Gasteiger partial charge in [-0.2, -0.15) is 0 Å². The number of hydrogen-bond acceptors (Lipinski definition) is 6. The molecule has 37 heavy (non-hydrogen) atoms. The number of nitrogens with one attached hydrogen (secondary N) is 3. The van der Waals surface area contributed by atoms with Crippen LogP contribution in [0.1, 0.15) is 40.2 Å². The molecule has 184 valence electrons. The quantitative estimate of drug-likeness (QED) is 0.305. The molecule has 2 aromatic carbocycles. The summed E-state index contributed by atoms with van der Waals surface area (Å²) in [6.07, 6.45) is 5.91. The second-order valence-electron chi connectivity index (χ2n) is 8.83. The van der Waals surface area contributed by atoms with E-state index in [9.17, 15) is 14.4 Å². The lowest BCUT2D eigenvalue weighted by Gasteiger charge is -2.22. The summed E-state index contributed by atoms with van der Waals surface area (Å²) in [5, 5.41) is 3.39. The number of imidazole rings is 1. The van der Waals surface area contributed by atoms with Crippen LogP contribution < -0.4 is 11.0 Å². The maximum Gasteiger partial charge on any atom is 0.339 e. The second-order valence-corrected chi connectivity index (χ2v) is 8.83. The molecule has 3 heterocycles. The summed E-state index contributed by atoms with van der Waals surface area (Å²) in [5.41, 5.74) is 5.01. The predicted octanol–water partition coefficient (Wildman–Crippen LogP) is 4.67. The van der Waals surface area contributed by atoms with Crippen LogP contribution in [-0.4, -0.2) is 33.4 Å². The zero-order valence-corrected chi connectivity index (χ0v) is 19.7. The topological polar surface area (TPSA) is 130 Å². The van der Waals surface area contributed by atoms with Crippen molar-refractivity contribution in [1.82, 2.24) is 15.0 Å². The van der Waals surface area contributed by atoms with Gasteiger partial charge >= 0.3 is 11.7 Å². The van der Waals surface area contributed by atoms with E-state index in [1.807, 2.05) is 42.5 Å². The number of allylic oxidation sites excluding steroid dienone is 1. The third kappa shape index (κ3) is 4.42. The molecular formula is C28H22N4O5. The molecule has 0 atom stereocenters. The van der Waals surface area contributed by atoms with Gasteiger partial charge in [0.15, 0.2) is 6.61 Å². The summed E-state index contributed by atoms with van der Waals surface area (Å²) >= 11 is 0. The van der Waals surface area contributed by atoms with Gasteiger partial charge in [0.25, 0.3) is 5.91 Å². The van der Waals surface area contributed by atoms with Crippen molar-refractivity contribution in [3.8, 4) is 0 Å². The summed E-state index contributed by atoms with van der Waals surface area (Å²) in [7, 11) is 0. The van der Waals surface area contributed by atoms with Gasteiger partial charge in [0.1, 0.15) is 5.76 Å². The maximum absolute atomic E-state index is 13.4. The monoisotopic (exact) mass is 494 g/mol. The molecule has 9 heteroatoms. The Balaban J connectivity index is 1.27. The van der Waals surface area contributed by atoms with Gasteiger partial charge in [-0.05, 0) is 72.9 Å². The van der Waals surface area contributed by atoms with Gasteiger partial charge in [-0.1, -0.05) is 18.2 Å². The average molecular weight is 495 g/mol. The Bertz CT molecular complexity index is 1740. The van der Waals surface area contributed by atoms with Crippen molar-refractivity contribution in [2.45, 2.75) is 19.3 Å². The van der Waals surface area contributed by atoms with Crippen LogP contribution in [0, 0.1) is 0 Å². The van der Waals surface area contributed by atoms with E-state index in [1.54, 1.807) is 24.5 Å². The Kier molecular flexibility index (Phi) is 5.65. The van der Waals surface area contributed by atoms with E-state index in [0.717, 1.165) is 35.4 Å². The molecule has 1 amide bonds. The van der Waals surface area contributed by atoms with E-state index in [1.165, 1.54) is 0 Å². The number of ether oxygens (including phenoxy) is 1. The van der Waals surface area contributed by atoms with Gasteiger partial charge in [0, 0.05) is 11.1 Å². The lowest BCUT2D eigenvalue weighted by Crippen LogP contribution is -2.22. The number of para-hydroxylation sites is 1. The lowest BCUT2D eigenvalue weighted by molar-refractivity contribution is -0.119. The first kappa shape index (κ1) is 22.5. The molecule has 1 aliphatic rings. The van der Waals surface area contributed by atoms with Crippen molar-refractivity contribution < 1.29 is 18.7 Å². The second kappa shape index (κ2) is 9.27. The predicted molar refractivity (Wildman–Crippen MR) is 139 cm³/mol. The Morgan fingerprint density at radius 3 is 2.78 bits per heavy atom. The maximum atomic E-state index is 13.4. The number of aromatic amines is 2. The van der Waals surface area contributed by atoms with Crippen LogP contribution in [-0.2, 0) is 16.0 Å². The van der Waals surface area contributed by atoms with Crippen molar-refractivity contribution in [2.24, 2.45) is 0 Å². The first-order valence-electron chi connectivity index (χ1n) is 11.9. The molecule has 0 radical (unpaired) electrons. The average Bonchev–Trinajstić information content (AvgIpc) is 3.54. The van der Waals surface area contributed by atoms with Crippen molar-refractivity contribution in [3.05, 3.63) is 93.9 Å². The normalized spacial score (nSPS) is 14.1. The molecule has 0 unspecified atom stereocenters. The van der Waals surface area contributed by atoms with Gasteiger partial charge < -0.3 is 24.4 Å². The number of pyridine rings is 1. The van der Waals surface area contributed by atoms with Crippen LogP contribution >= 0.6 is 0 Å². The molecule has 0 saturated carbocycles. The number of esters is 1. The Morgan fingerprint density at radius 1 is 1.05 bits per heavy atom. The van der Waals surface area contributed by atoms with Crippen molar-refractivity contribution in [1.29, 1.82) is 0 Å². The van der Waals surface area contributed by atoms with Crippen LogP contribution in [0.4, 0.5) is 5.69 Å². The highest BCUT2D eigenvalue weighted by molar-refractivity contribution is 6.07. The molecule has 3 N–H and O–H groups in total. The summed E-state index contributed by atoms with van der Waals surface area (Å²) < 4.78 is 11.0. The van der Waals surface area contributed by atoms with Crippen molar-refractivity contribution in [3.63, 3.8) is 0 Å². The Labute approximate surface area is 210 Å². The number of carbonyl (C=O) groups excluding carboxylic acids is 2. The van der Waals surface area contributed by atoms with Gasteiger partial charge in [0.2, 0.25) is 0 Å². The minimum absolute atomic E-state index is 0.331. The highest BCUT2D eigenvalue weighted by Gasteiger charge is 2.26. The fourth-order valence-electron chi connectivity index (χ4n) is 4.76. The molecule has 0 spiro atoms. The molecule has 6 rings (SSSR count). The molecular weight excluding hydrogens is 472 g/mol. The lowest BCUT2D eigenvalue weighted by atomic mass is 9.86. The van der Waals surface area contributed by atoms with E-state index in [-0.39, 0.29) is 5.69 Å². The highest BCUT2D eigenvalue weighted by atomic mass is 16.5. The fourth-order valence-corrected chi connectivity index (χ4v) is 4.76. The summed E-state index contributed by atoms with van der Waals surface area (Å²) in [6, 6.07) is 16.1. The Morgan fingerprint density at radius 2 is 1.92 bits per heavy atom. The number of nitrogens with zero attached hydrogens (tertiary/aromatic N) is 1. The van der Waals surface area contributed by atoms with Crippen molar-refractivity contribution in [2.75, 3.05) is 11.9 Å². The summed E-state index contributed by atoms with van der Waals surface area (Å²) in [4.78, 5) is 47.6. The smallest absolute Gasteiger partial charge is 0.339 e. The van der Waals surface area contributed by atoms with Crippen LogP contribution in [0.5, 0.6) is 0 Å². The molecule has 0 saturated heterocycles. The van der Waals surface area contributed by atoms with E-state index in [0.29, 0.717) is 39.6 Å². The molecule has 5 aromatic rings. The first-order valence-corrected chi connectivity index (χ1v) is 11.9. The minimum atomic E-state index is -0.574. The van der Waals surface area contributed by atoms with Gasteiger partial charge in [-0.15, -0.1) is 0 Å². The standard InChI is InChI=1S/C28H22N4O5/c33-24(29-17-10-11-22-23(14-17)32-28(35)31-22)15-37-27(34)25-19-7-1-2-9-21(19)30-26-16(5-3-8-20(25)26)13-18-6-4-12-36-18/h1-2,4,6-7,9-14H,3,5,8,15H2,(H,29,33)(H2,31,32,35)/b16-13-. The number of fused-ring (bicyclic) bond motifs is 3. The Hall–Kier alpha value is -4.92. The summed E-state index contributed by atoms with van der Waals surface area (Å²) in [5.74, 6) is -0.341. The third-order valence-corrected chi connectivity index (χ3v) is 6.37. The zero-order valence-electron chi connectivity index (χ0n) is 19.7. The van der Waals surface area contributed by atoms with Crippen LogP contribution in [0.15, 0.2) is 70.1 Å². The minimum Gasteiger partial charge on any atom is -0.465 e. The molecule has 0 aliphatic heterocycles. The SMILES string of the molecule is O=C(COC(=O)c1c2c(nc3ccccc13)/C(=C\c1ccco1)CCC2)Nc1ccc2[nH]c(=O)[nH]c2c1. The van der Waals surface area contributed by atoms with E-state index in [2.05, 4.69) is 15.3 Å². The number of rotatable bonds is 5. The van der Waals surface area contributed by atoms with Gasteiger partial charge in [0.05, 0.1) is 34.1 Å². The van der Waals surface area contributed by atoms with Gasteiger partial charge in [-0.25, -0.2) is 14.6 Å². The number of carbonyl (C=O) groups is 2. The number of anilines is 1. The van der Waals surface area contributed by atoms with E-state index < -0.39 is 18.5 Å². The molecule has 9 nitrogen and oxygen atoms in total. The van der Waals surface area contributed by atoms with Crippen LogP contribution in [0.25, 0.3) is 33.6 Å². The highest BCUT2D eigenvalue weighted by Crippen LogP contribution is 2.36. The fraction of sp³-hybridized carbons (Fsp3) is 0.143. The number of aromatic nitrogens is 3. The molecule has 0 bridgehead atoms. The van der Waals surface area contributed by atoms with Gasteiger partial charge in [-0.3, -0.25) is 4.79 Å². The zero-order chi connectivity index (χ0) is 25.4. The van der Waals surface area contributed by atoms with Crippen molar-refractivity contribution >= 4 is 51.1 Å². The largest absolute Gasteiger partial charge is 0.465 e. The molecule has 1 aliphatic carbocycles.